The van der Waals surface area contributed by atoms with Crippen molar-refractivity contribution in [2.45, 2.75) is 0 Å². The molecule has 0 saturated carbocycles. The quantitative estimate of drug-likeness (QED) is 0.722. The SMILES string of the molecule is Fc1ccc(-c2cnc3ncnc(N4CCOCC4)c3n2)cc1. The first-order valence-electron chi connectivity index (χ1n) is 7.38. The monoisotopic (exact) mass is 311 g/mol. The van der Waals surface area contributed by atoms with Crippen LogP contribution in [0.15, 0.2) is 36.8 Å². The number of anilines is 1. The number of ether oxygens (including phenoxy) is 1. The minimum absolute atomic E-state index is 0.278. The van der Waals surface area contributed by atoms with Gasteiger partial charge in [-0.2, -0.15) is 0 Å². The van der Waals surface area contributed by atoms with Crippen LogP contribution in [0, 0.1) is 5.82 Å². The Morgan fingerprint density at radius 1 is 1.00 bits per heavy atom. The van der Waals surface area contributed by atoms with Crippen molar-refractivity contribution < 1.29 is 9.13 Å². The van der Waals surface area contributed by atoms with Crippen LogP contribution in [0.5, 0.6) is 0 Å². The summed E-state index contributed by atoms with van der Waals surface area (Å²) in [7, 11) is 0. The van der Waals surface area contributed by atoms with Crippen molar-refractivity contribution in [3.63, 3.8) is 0 Å². The molecule has 1 saturated heterocycles. The Morgan fingerprint density at radius 2 is 1.78 bits per heavy atom. The van der Waals surface area contributed by atoms with E-state index in [4.69, 9.17) is 4.74 Å². The number of fused-ring (bicyclic) bond motifs is 1. The molecular weight excluding hydrogens is 297 g/mol. The molecule has 116 valence electrons. The highest BCUT2D eigenvalue weighted by molar-refractivity contribution is 5.84. The second kappa shape index (κ2) is 5.85. The Labute approximate surface area is 132 Å². The average molecular weight is 311 g/mol. The zero-order valence-electron chi connectivity index (χ0n) is 12.3. The summed E-state index contributed by atoms with van der Waals surface area (Å²) in [6.07, 6.45) is 3.14. The third kappa shape index (κ3) is 2.70. The molecule has 1 aromatic carbocycles. The number of nitrogens with zero attached hydrogens (tertiary/aromatic N) is 5. The van der Waals surface area contributed by atoms with Gasteiger partial charge in [0.15, 0.2) is 17.0 Å². The molecule has 4 rings (SSSR count). The van der Waals surface area contributed by atoms with Gasteiger partial charge in [-0.1, -0.05) is 0 Å². The minimum Gasteiger partial charge on any atom is -0.378 e. The van der Waals surface area contributed by atoms with Crippen LogP contribution in [0.25, 0.3) is 22.4 Å². The Kier molecular flexibility index (Phi) is 3.55. The third-order valence-electron chi connectivity index (χ3n) is 3.78. The number of morpholine rings is 1. The van der Waals surface area contributed by atoms with Crippen molar-refractivity contribution in [1.29, 1.82) is 0 Å². The van der Waals surface area contributed by atoms with Crippen molar-refractivity contribution in [3.05, 3.63) is 42.6 Å². The van der Waals surface area contributed by atoms with Gasteiger partial charge in [-0.3, -0.25) is 0 Å². The third-order valence-corrected chi connectivity index (χ3v) is 3.78. The molecule has 1 fully saturated rings. The first kappa shape index (κ1) is 14.0. The van der Waals surface area contributed by atoms with Crippen molar-refractivity contribution in [2.75, 3.05) is 31.2 Å². The maximum Gasteiger partial charge on any atom is 0.183 e. The van der Waals surface area contributed by atoms with Gasteiger partial charge in [-0.15, -0.1) is 0 Å². The van der Waals surface area contributed by atoms with E-state index in [1.165, 1.54) is 18.5 Å². The molecule has 0 bridgehead atoms. The van der Waals surface area contributed by atoms with Crippen LogP contribution in [-0.2, 0) is 4.74 Å². The Morgan fingerprint density at radius 3 is 2.57 bits per heavy atom. The molecule has 0 radical (unpaired) electrons. The van der Waals surface area contributed by atoms with Crippen molar-refractivity contribution in [1.82, 2.24) is 19.9 Å². The molecule has 0 atom stereocenters. The lowest BCUT2D eigenvalue weighted by Crippen LogP contribution is -2.37. The van der Waals surface area contributed by atoms with E-state index >= 15 is 0 Å². The molecule has 7 heteroatoms. The predicted molar refractivity (Wildman–Crippen MR) is 83.6 cm³/mol. The fourth-order valence-electron chi connectivity index (χ4n) is 2.59. The van der Waals surface area contributed by atoms with E-state index < -0.39 is 0 Å². The normalized spacial score (nSPS) is 15.1. The maximum atomic E-state index is 13.1. The summed E-state index contributed by atoms with van der Waals surface area (Å²) in [5.74, 6) is 0.481. The summed E-state index contributed by atoms with van der Waals surface area (Å²) in [4.78, 5) is 19.7. The number of benzene rings is 1. The highest BCUT2D eigenvalue weighted by atomic mass is 19.1. The van der Waals surface area contributed by atoms with Gasteiger partial charge < -0.3 is 9.64 Å². The summed E-state index contributed by atoms with van der Waals surface area (Å²) < 4.78 is 18.5. The Bertz CT molecular complexity index is 833. The molecule has 0 N–H and O–H groups in total. The van der Waals surface area contributed by atoms with Gasteiger partial charge in [0.05, 0.1) is 25.1 Å². The highest BCUT2D eigenvalue weighted by Crippen LogP contribution is 2.24. The lowest BCUT2D eigenvalue weighted by molar-refractivity contribution is 0.122. The summed E-state index contributed by atoms with van der Waals surface area (Å²) in [5.41, 5.74) is 2.67. The molecule has 0 unspecified atom stereocenters. The first-order valence-corrected chi connectivity index (χ1v) is 7.38. The van der Waals surface area contributed by atoms with E-state index in [-0.39, 0.29) is 5.82 Å². The molecule has 2 aromatic heterocycles. The van der Waals surface area contributed by atoms with Gasteiger partial charge in [0, 0.05) is 18.7 Å². The van der Waals surface area contributed by atoms with E-state index in [1.54, 1.807) is 18.3 Å². The summed E-state index contributed by atoms with van der Waals surface area (Å²) in [6, 6.07) is 6.18. The van der Waals surface area contributed by atoms with Crippen LogP contribution in [0.2, 0.25) is 0 Å². The van der Waals surface area contributed by atoms with Gasteiger partial charge in [-0.05, 0) is 24.3 Å². The Hall–Kier alpha value is -2.67. The molecule has 0 amide bonds. The first-order chi connectivity index (χ1) is 11.3. The van der Waals surface area contributed by atoms with Crippen LogP contribution >= 0.6 is 0 Å². The largest absolute Gasteiger partial charge is 0.378 e. The molecule has 0 spiro atoms. The van der Waals surface area contributed by atoms with Crippen molar-refractivity contribution in [2.24, 2.45) is 0 Å². The molecule has 23 heavy (non-hydrogen) atoms. The minimum atomic E-state index is -0.278. The molecule has 6 nitrogen and oxygen atoms in total. The average Bonchev–Trinajstić information content (AvgIpc) is 2.62. The van der Waals surface area contributed by atoms with Crippen LogP contribution in [-0.4, -0.2) is 46.2 Å². The fourth-order valence-corrected chi connectivity index (χ4v) is 2.59. The topological polar surface area (TPSA) is 64.0 Å². The predicted octanol–water partition coefficient (Wildman–Crippen LogP) is 2.06. The number of hydrogen-bond donors (Lipinski definition) is 0. The van der Waals surface area contributed by atoms with E-state index in [1.807, 2.05) is 0 Å². The number of hydrogen-bond acceptors (Lipinski definition) is 6. The van der Waals surface area contributed by atoms with Gasteiger partial charge >= 0.3 is 0 Å². The standard InChI is InChI=1S/C16H14FN5O/c17-12-3-1-11(2-4-12)13-9-18-15-14(21-13)16(20-10-19-15)22-5-7-23-8-6-22/h1-4,9-10H,5-8H2. The number of halogens is 1. The fraction of sp³-hybridized carbons (Fsp3) is 0.250. The molecule has 3 heterocycles. The number of rotatable bonds is 2. The van der Waals surface area contributed by atoms with Crippen LogP contribution in [0.1, 0.15) is 0 Å². The molecule has 1 aliphatic heterocycles. The molecule has 1 aliphatic rings. The zero-order valence-corrected chi connectivity index (χ0v) is 12.3. The van der Waals surface area contributed by atoms with E-state index in [9.17, 15) is 4.39 Å². The van der Waals surface area contributed by atoms with Crippen LogP contribution < -0.4 is 4.90 Å². The van der Waals surface area contributed by atoms with Gasteiger partial charge in [0.2, 0.25) is 0 Å². The summed E-state index contributed by atoms with van der Waals surface area (Å²) >= 11 is 0. The van der Waals surface area contributed by atoms with Gasteiger partial charge in [0.25, 0.3) is 0 Å². The molecule has 3 aromatic rings. The molecule has 0 aliphatic carbocycles. The number of aromatic nitrogens is 4. The summed E-state index contributed by atoms with van der Waals surface area (Å²) in [5, 5.41) is 0. The Balaban J connectivity index is 1.81. The second-order valence-corrected chi connectivity index (χ2v) is 5.23. The second-order valence-electron chi connectivity index (χ2n) is 5.23. The molecular formula is C16H14FN5O. The van der Waals surface area contributed by atoms with Crippen molar-refractivity contribution >= 4 is 17.0 Å². The zero-order chi connectivity index (χ0) is 15.6. The summed E-state index contributed by atoms with van der Waals surface area (Å²) in [6.45, 7) is 2.84. The lowest BCUT2D eigenvalue weighted by atomic mass is 10.1. The van der Waals surface area contributed by atoms with Crippen LogP contribution in [0.4, 0.5) is 10.2 Å². The maximum absolute atomic E-state index is 13.1. The van der Waals surface area contributed by atoms with E-state index in [2.05, 4.69) is 24.8 Å². The van der Waals surface area contributed by atoms with E-state index in [0.29, 0.717) is 30.1 Å². The van der Waals surface area contributed by atoms with E-state index in [0.717, 1.165) is 24.5 Å². The smallest absolute Gasteiger partial charge is 0.183 e. The lowest BCUT2D eigenvalue weighted by Gasteiger charge is -2.27. The van der Waals surface area contributed by atoms with Crippen molar-refractivity contribution in [3.8, 4) is 11.3 Å². The van der Waals surface area contributed by atoms with Gasteiger partial charge in [0.1, 0.15) is 12.1 Å². The van der Waals surface area contributed by atoms with Gasteiger partial charge in [-0.25, -0.2) is 24.3 Å². The van der Waals surface area contributed by atoms with Crippen LogP contribution in [0.3, 0.4) is 0 Å². The highest BCUT2D eigenvalue weighted by Gasteiger charge is 2.17.